The number of carboxylic acid groups (broad SMARTS) is 3. The van der Waals surface area contributed by atoms with E-state index in [2.05, 4.69) is 12.2 Å². The summed E-state index contributed by atoms with van der Waals surface area (Å²) in [5.41, 5.74) is 5.53. The van der Waals surface area contributed by atoms with E-state index in [0.717, 1.165) is 33.7 Å². The molecule has 0 aliphatic heterocycles. The Morgan fingerprint density at radius 1 is 0.862 bits per heavy atom. The van der Waals surface area contributed by atoms with Crippen LogP contribution in [0.5, 0.6) is 0 Å². The Hall–Kier alpha value is 1.43. The SMILES string of the molecule is CC(=O)O.CC(=O)O.CC(=O)O.CCC(NCCN)[Si](OC)(OC)OC.[NaH].[NaH].[NaH]. The van der Waals surface area contributed by atoms with Gasteiger partial charge in [-0.2, -0.15) is 0 Å². The van der Waals surface area contributed by atoms with Crippen molar-refractivity contribution in [3.05, 3.63) is 0 Å². The van der Waals surface area contributed by atoms with Crippen molar-refractivity contribution >= 4 is 115 Å². The second kappa shape index (κ2) is 34.0. The third-order valence-electron chi connectivity index (χ3n) is 2.22. The molecule has 0 aliphatic rings. The molecule has 0 saturated heterocycles. The number of nitrogens with one attached hydrogen (secondary N) is 1. The second-order valence-corrected chi connectivity index (χ2v) is 7.61. The Morgan fingerprint density at radius 3 is 1.24 bits per heavy atom. The van der Waals surface area contributed by atoms with Crippen LogP contribution in [-0.4, -0.2) is 171 Å². The first-order chi connectivity index (χ1) is 11.9. The van der Waals surface area contributed by atoms with E-state index in [9.17, 15) is 0 Å². The zero-order valence-electron chi connectivity index (χ0n) is 16.6. The molecule has 29 heavy (non-hydrogen) atoms. The number of carbonyl (C=O) groups is 3. The van der Waals surface area contributed by atoms with Crippen molar-refractivity contribution in [2.75, 3.05) is 34.4 Å². The van der Waals surface area contributed by atoms with Gasteiger partial charge in [0.1, 0.15) is 0 Å². The molecule has 0 fully saturated rings. The van der Waals surface area contributed by atoms with Crippen LogP contribution >= 0.6 is 0 Å². The van der Waals surface area contributed by atoms with Crippen molar-refractivity contribution in [1.82, 2.24) is 5.32 Å². The fourth-order valence-corrected chi connectivity index (χ4v) is 3.70. The number of rotatable bonds is 8. The van der Waals surface area contributed by atoms with Gasteiger partial charge in [-0.1, -0.05) is 6.92 Å². The zero-order valence-corrected chi connectivity index (χ0v) is 17.6. The molecule has 0 bridgehead atoms. The number of hydrogen-bond donors (Lipinski definition) is 5. The van der Waals surface area contributed by atoms with Gasteiger partial charge >= 0.3 is 97.5 Å². The summed E-state index contributed by atoms with van der Waals surface area (Å²) in [4.78, 5) is 27.0. The molecule has 0 aromatic rings. The molecule has 15 heteroatoms. The van der Waals surface area contributed by atoms with Gasteiger partial charge in [-0.3, -0.25) is 14.4 Å². The molecule has 6 N–H and O–H groups in total. The molecule has 11 nitrogen and oxygen atoms in total. The Labute approximate surface area is 241 Å². The summed E-state index contributed by atoms with van der Waals surface area (Å²) in [6, 6.07) is 0. The monoisotopic (exact) mass is 474 g/mol. The Bertz CT molecular complexity index is 331. The van der Waals surface area contributed by atoms with Gasteiger partial charge in [0.25, 0.3) is 17.9 Å². The van der Waals surface area contributed by atoms with E-state index in [1.54, 1.807) is 21.3 Å². The molecule has 0 saturated carbocycles. The molecule has 164 valence electrons. The minimum atomic E-state index is -2.55. The van der Waals surface area contributed by atoms with Crippen LogP contribution in [-0.2, 0) is 27.7 Å². The van der Waals surface area contributed by atoms with E-state index in [-0.39, 0.29) is 94.3 Å². The van der Waals surface area contributed by atoms with Gasteiger partial charge in [0.15, 0.2) is 0 Å². The molecule has 0 amide bonds. The number of hydrogen-bond acceptors (Lipinski definition) is 8. The maximum absolute atomic E-state index is 9.00. The summed E-state index contributed by atoms with van der Waals surface area (Å²) in [5, 5.41) is 25.5. The predicted octanol–water partition coefficient (Wildman–Crippen LogP) is -1.94. The molecular weight excluding hydrogens is 437 g/mol. The molecule has 0 aromatic heterocycles. The van der Waals surface area contributed by atoms with Crippen molar-refractivity contribution in [3.8, 4) is 0 Å². The van der Waals surface area contributed by atoms with E-state index >= 15 is 0 Å². The third kappa shape index (κ3) is 44.0. The quantitative estimate of drug-likeness (QED) is 0.247. The Morgan fingerprint density at radius 2 is 1.10 bits per heavy atom. The van der Waals surface area contributed by atoms with Gasteiger partial charge in [0, 0.05) is 55.2 Å². The number of nitrogens with two attached hydrogens (primary N) is 1. The van der Waals surface area contributed by atoms with Crippen LogP contribution in [0.25, 0.3) is 0 Å². The second-order valence-electron chi connectivity index (χ2n) is 4.48. The van der Waals surface area contributed by atoms with Gasteiger partial charge in [0.05, 0.1) is 5.67 Å². The van der Waals surface area contributed by atoms with Gasteiger partial charge in [-0.25, -0.2) is 0 Å². The number of aliphatic carboxylic acids is 3. The van der Waals surface area contributed by atoms with Crippen LogP contribution in [0.3, 0.4) is 0 Å². The van der Waals surface area contributed by atoms with Crippen LogP contribution in [0.2, 0.25) is 0 Å². The standard InChI is InChI=1S/C8H22N2O3Si.3C2H4O2.3Na.3H/c1-5-8(10-7-6-9)14(11-2,12-3)13-4;3*1-2(3)4;;;;;;/h8,10H,5-7,9H2,1-4H3;3*1H3,(H,3,4);;;;;;. The van der Waals surface area contributed by atoms with E-state index in [1.165, 1.54) is 0 Å². The van der Waals surface area contributed by atoms with E-state index < -0.39 is 26.7 Å². The van der Waals surface area contributed by atoms with Crippen LogP contribution in [0.4, 0.5) is 0 Å². The maximum atomic E-state index is 9.00. The van der Waals surface area contributed by atoms with Gasteiger partial charge < -0.3 is 39.6 Å². The van der Waals surface area contributed by atoms with Crippen LogP contribution in [0, 0.1) is 0 Å². The zero-order chi connectivity index (χ0) is 21.8. The molecule has 0 rings (SSSR count). The minimum absolute atomic E-state index is 0. The van der Waals surface area contributed by atoms with E-state index in [1.807, 2.05) is 0 Å². The molecule has 0 aliphatic carbocycles. The van der Waals surface area contributed by atoms with Gasteiger partial charge in [-0.15, -0.1) is 0 Å². The van der Waals surface area contributed by atoms with Crippen molar-refractivity contribution in [2.45, 2.75) is 39.8 Å². The Balaban J connectivity index is -0.0000000540. The normalized spacial score (nSPS) is 9.52. The third-order valence-corrected chi connectivity index (χ3v) is 5.40. The summed E-state index contributed by atoms with van der Waals surface area (Å²) in [7, 11) is 2.30. The average Bonchev–Trinajstić information content (AvgIpc) is 2.50. The van der Waals surface area contributed by atoms with Crippen LogP contribution in [0.1, 0.15) is 34.1 Å². The summed E-state index contributed by atoms with van der Waals surface area (Å²) >= 11 is 0. The molecule has 1 atom stereocenters. The molecule has 0 radical (unpaired) electrons. The fraction of sp³-hybridized carbons (Fsp3) is 0.786. The topological polar surface area (TPSA) is 178 Å². The molecule has 0 heterocycles. The molecule has 0 aromatic carbocycles. The van der Waals surface area contributed by atoms with Crippen molar-refractivity contribution in [1.29, 1.82) is 0 Å². The average molecular weight is 475 g/mol. The first-order valence-electron chi connectivity index (χ1n) is 7.57. The van der Waals surface area contributed by atoms with E-state index in [0.29, 0.717) is 6.54 Å². The first-order valence-corrected chi connectivity index (χ1v) is 9.38. The summed E-state index contributed by atoms with van der Waals surface area (Å²) in [5.74, 6) is -2.50. The Kier molecular flexibility index (Phi) is 56.4. The molecule has 1 unspecified atom stereocenters. The van der Waals surface area contributed by atoms with Crippen molar-refractivity contribution in [3.63, 3.8) is 0 Å². The molecule has 0 spiro atoms. The fourth-order valence-electron chi connectivity index (χ4n) is 1.45. The van der Waals surface area contributed by atoms with Crippen molar-refractivity contribution in [2.24, 2.45) is 5.73 Å². The van der Waals surface area contributed by atoms with Crippen LogP contribution in [0.15, 0.2) is 0 Å². The van der Waals surface area contributed by atoms with E-state index in [4.69, 9.17) is 48.7 Å². The van der Waals surface area contributed by atoms with Crippen molar-refractivity contribution < 1.29 is 43.0 Å². The van der Waals surface area contributed by atoms with Crippen LogP contribution < -0.4 is 11.1 Å². The van der Waals surface area contributed by atoms with Gasteiger partial charge in [0.2, 0.25) is 0 Å². The number of carboxylic acids is 3. The predicted molar refractivity (Wildman–Crippen MR) is 119 cm³/mol. The molecular formula is C14H37N2Na3O9Si. The first kappa shape index (κ1) is 48.0. The summed E-state index contributed by atoms with van der Waals surface area (Å²) in [6.45, 7) is 6.65. The summed E-state index contributed by atoms with van der Waals surface area (Å²) in [6.07, 6.45) is 0.891. The summed E-state index contributed by atoms with van der Waals surface area (Å²) < 4.78 is 16.1. The van der Waals surface area contributed by atoms with Gasteiger partial charge in [-0.05, 0) is 6.42 Å².